The van der Waals surface area contributed by atoms with E-state index in [4.69, 9.17) is 4.74 Å². The van der Waals surface area contributed by atoms with Crippen LogP contribution in [0.5, 0.6) is 5.75 Å². The summed E-state index contributed by atoms with van der Waals surface area (Å²) >= 11 is 0. The third-order valence-electron chi connectivity index (χ3n) is 3.64. The minimum atomic E-state index is -0.847. The van der Waals surface area contributed by atoms with Crippen LogP contribution < -0.4 is 4.74 Å². The Morgan fingerprint density at radius 1 is 1.32 bits per heavy atom. The number of nitro groups is 1. The van der Waals surface area contributed by atoms with Crippen molar-refractivity contribution in [2.24, 2.45) is 7.05 Å². The number of aryl methyl sites for hydroxylation is 3. The van der Waals surface area contributed by atoms with Gasteiger partial charge >= 0.3 is 11.7 Å². The van der Waals surface area contributed by atoms with Crippen molar-refractivity contribution in [3.05, 3.63) is 57.1 Å². The van der Waals surface area contributed by atoms with Gasteiger partial charge < -0.3 is 4.74 Å². The third kappa shape index (κ3) is 2.91. The van der Waals surface area contributed by atoms with Gasteiger partial charge in [-0.1, -0.05) is 0 Å². The van der Waals surface area contributed by atoms with Crippen LogP contribution in [0.1, 0.15) is 21.7 Å². The maximum Gasteiger partial charge on any atom is 0.344 e. The number of carbonyl (C=O) groups excluding carboxylic acids is 1. The molecular weight excluding hydrogens is 331 g/mol. The second-order valence-corrected chi connectivity index (χ2v) is 5.48. The molecule has 25 heavy (non-hydrogen) atoms. The SMILES string of the molecule is Cc1cc(C(=O)Oc2cc(F)ccc2[N+](=O)[O-])c2c(C)nn(C)c2n1. The van der Waals surface area contributed by atoms with Crippen LogP contribution in [0, 0.1) is 29.8 Å². The van der Waals surface area contributed by atoms with Crippen LogP contribution >= 0.6 is 0 Å². The molecule has 0 N–H and O–H groups in total. The predicted octanol–water partition coefficient (Wildman–Crippen LogP) is 2.85. The van der Waals surface area contributed by atoms with E-state index in [0.717, 1.165) is 18.2 Å². The molecule has 0 radical (unpaired) electrons. The molecular formula is C16H13FN4O4. The number of fused-ring (bicyclic) bond motifs is 1. The molecule has 8 nitrogen and oxygen atoms in total. The fraction of sp³-hybridized carbons (Fsp3) is 0.188. The lowest BCUT2D eigenvalue weighted by Gasteiger charge is -2.07. The summed E-state index contributed by atoms with van der Waals surface area (Å²) in [6.45, 7) is 3.41. The van der Waals surface area contributed by atoms with Crippen molar-refractivity contribution in [3.8, 4) is 5.75 Å². The number of hydrogen-bond acceptors (Lipinski definition) is 6. The van der Waals surface area contributed by atoms with Crippen molar-refractivity contribution >= 4 is 22.7 Å². The number of benzene rings is 1. The number of nitro benzene ring substituents is 1. The minimum Gasteiger partial charge on any atom is -0.415 e. The number of halogens is 1. The van der Waals surface area contributed by atoms with Crippen molar-refractivity contribution in [2.75, 3.05) is 0 Å². The molecule has 0 fully saturated rings. The van der Waals surface area contributed by atoms with Gasteiger partial charge in [-0.15, -0.1) is 0 Å². The molecule has 0 atom stereocenters. The Hall–Kier alpha value is -3.36. The number of ether oxygens (including phenoxy) is 1. The molecule has 3 aromatic rings. The zero-order chi connectivity index (χ0) is 18.3. The second-order valence-electron chi connectivity index (χ2n) is 5.48. The summed E-state index contributed by atoms with van der Waals surface area (Å²) in [6.07, 6.45) is 0. The van der Waals surface area contributed by atoms with Gasteiger partial charge in [-0.25, -0.2) is 14.2 Å². The molecule has 1 aromatic carbocycles. The highest BCUT2D eigenvalue weighted by Crippen LogP contribution is 2.29. The molecule has 0 aliphatic heterocycles. The van der Waals surface area contributed by atoms with Crippen LogP contribution in [0.3, 0.4) is 0 Å². The molecule has 3 rings (SSSR count). The third-order valence-corrected chi connectivity index (χ3v) is 3.64. The highest BCUT2D eigenvalue weighted by Gasteiger charge is 2.23. The van der Waals surface area contributed by atoms with E-state index < -0.39 is 28.1 Å². The van der Waals surface area contributed by atoms with Crippen LogP contribution in [-0.2, 0) is 7.05 Å². The van der Waals surface area contributed by atoms with Gasteiger partial charge in [0.15, 0.2) is 5.65 Å². The minimum absolute atomic E-state index is 0.159. The molecule has 0 saturated carbocycles. The van der Waals surface area contributed by atoms with Crippen LogP contribution in [0.2, 0.25) is 0 Å². The van der Waals surface area contributed by atoms with E-state index >= 15 is 0 Å². The standard InChI is InChI=1S/C16H13FN4O4/c1-8-6-11(14-9(2)19-20(3)15(14)18-8)16(22)25-13-7-10(17)4-5-12(13)21(23)24/h4-7H,1-3H3. The van der Waals surface area contributed by atoms with Crippen molar-refractivity contribution < 1.29 is 18.8 Å². The summed E-state index contributed by atoms with van der Waals surface area (Å²) in [6, 6.07) is 4.18. The van der Waals surface area contributed by atoms with Crippen LogP contribution in [0.15, 0.2) is 24.3 Å². The largest absolute Gasteiger partial charge is 0.415 e. The summed E-state index contributed by atoms with van der Waals surface area (Å²) in [7, 11) is 1.69. The molecule has 9 heteroatoms. The lowest BCUT2D eigenvalue weighted by molar-refractivity contribution is -0.385. The highest BCUT2D eigenvalue weighted by atomic mass is 19.1. The van der Waals surface area contributed by atoms with Gasteiger partial charge in [0.05, 0.1) is 21.6 Å². The molecule has 2 heterocycles. The maximum atomic E-state index is 13.4. The fourth-order valence-electron chi connectivity index (χ4n) is 2.61. The van der Waals surface area contributed by atoms with Gasteiger partial charge in [0.2, 0.25) is 5.75 Å². The normalized spacial score (nSPS) is 10.9. The smallest absolute Gasteiger partial charge is 0.344 e. The monoisotopic (exact) mass is 344 g/mol. The van der Waals surface area contributed by atoms with E-state index in [0.29, 0.717) is 22.4 Å². The molecule has 0 spiro atoms. The maximum absolute atomic E-state index is 13.4. The molecule has 0 aliphatic rings. The first kappa shape index (κ1) is 16.5. The van der Waals surface area contributed by atoms with Gasteiger partial charge in [0, 0.05) is 24.9 Å². The number of rotatable bonds is 3. The molecule has 0 saturated heterocycles. The number of aromatic nitrogens is 3. The van der Waals surface area contributed by atoms with Crippen molar-refractivity contribution in [2.45, 2.75) is 13.8 Å². The van der Waals surface area contributed by atoms with E-state index in [1.165, 1.54) is 10.7 Å². The summed E-state index contributed by atoms with van der Waals surface area (Å²) in [5.74, 6) is -2.05. The average Bonchev–Trinajstić information content (AvgIpc) is 2.80. The molecule has 128 valence electrons. The van der Waals surface area contributed by atoms with Crippen LogP contribution in [0.4, 0.5) is 10.1 Å². The number of pyridine rings is 1. The van der Waals surface area contributed by atoms with E-state index in [1.807, 2.05) is 0 Å². The molecule has 2 aromatic heterocycles. The Balaban J connectivity index is 2.10. The lowest BCUT2D eigenvalue weighted by Crippen LogP contribution is -2.11. The van der Waals surface area contributed by atoms with E-state index in [1.54, 1.807) is 20.9 Å². The Bertz CT molecular complexity index is 1030. The van der Waals surface area contributed by atoms with E-state index in [9.17, 15) is 19.3 Å². The number of carbonyl (C=O) groups is 1. The Morgan fingerprint density at radius 3 is 2.72 bits per heavy atom. The van der Waals surface area contributed by atoms with Crippen LogP contribution in [-0.4, -0.2) is 25.7 Å². The Labute approximate surface area is 141 Å². The van der Waals surface area contributed by atoms with Gasteiger partial charge in [-0.2, -0.15) is 5.10 Å². The second kappa shape index (κ2) is 5.93. The number of nitrogens with zero attached hydrogens (tertiary/aromatic N) is 4. The lowest BCUT2D eigenvalue weighted by atomic mass is 10.1. The van der Waals surface area contributed by atoms with Crippen molar-refractivity contribution in [1.82, 2.24) is 14.8 Å². The van der Waals surface area contributed by atoms with Gasteiger partial charge in [0.1, 0.15) is 5.82 Å². The van der Waals surface area contributed by atoms with Gasteiger partial charge in [-0.05, 0) is 26.0 Å². The summed E-state index contributed by atoms with van der Waals surface area (Å²) in [5.41, 5.74) is 1.26. The van der Waals surface area contributed by atoms with E-state index in [-0.39, 0.29) is 5.56 Å². The topological polar surface area (TPSA) is 100 Å². The summed E-state index contributed by atoms with van der Waals surface area (Å²) in [4.78, 5) is 27.2. The summed E-state index contributed by atoms with van der Waals surface area (Å²) < 4.78 is 20.1. The first-order valence-corrected chi connectivity index (χ1v) is 7.25. The molecule has 0 amide bonds. The number of hydrogen-bond donors (Lipinski definition) is 0. The molecule has 0 aliphatic carbocycles. The average molecular weight is 344 g/mol. The highest BCUT2D eigenvalue weighted by molar-refractivity contribution is 6.04. The van der Waals surface area contributed by atoms with Crippen LogP contribution in [0.25, 0.3) is 11.0 Å². The Morgan fingerprint density at radius 2 is 2.04 bits per heavy atom. The zero-order valence-electron chi connectivity index (χ0n) is 13.6. The van der Waals surface area contributed by atoms with Crippen molar-refractivity contribution in [3.63, 3.8) is 0 Å². The first-order valence-electron chi connectivity index (χ1n) is 7.25. The fourth-order valence-corrected chi connectivity index (χ4v) is 2.61. The molecule has 0 unspecified atom stereocenters. The number of esters is 1. The van der Waals surface area contributed by atoms with Crippen molar-refractivity contribution in [1.29, 1.82) is 0 Å². The zero-order valence-corrected chi connectivity index (χ0v) is 13.6. The predicted molar refractivity (Wildman–Crippen MR) is 86.0 cm³/mol. The van der Waals surface area contributed by atoms with Gasteiger partial charge in [-0.3, -0.25) is 14.8 Å². The summed E-state index contributed by atoms with van der Waals surface area (Å²) in [5, 5.41) is 15.7. The quantitative estimate of drug-likeness (QED) is 0.313. The first-order chi connectivity index (χ1) is 11.8. The Kier molecular flexibility index (Phi) is 3.91. The van der Waals surface area contributed by atoms with Gasteiger partial charge in [0.25, 0.3) is 0 Å². The van der Waals surface area contributed by atoms with E-state index in [2.05, 4.69) is 10.1 Å². The molecule has 0 bridgehead atoms.